The van der Waals surface area contributed by atoms with Crippen molar-refractivity contribution < 1.29 is 0 Å². The van der Waals surface area contributed by atoms with Gasteiger partial charge in [-0.05, 0) is 31.1 Å². The van der Waals surface area contributed by atoms with Crippen molar-refractivity contribution in [2.45, 2.75) is 13.8 Å². The summed E-state index contributed by atoms with van der Waals surface area (Å²) in [5.41, 5.74) is 5.13. The first-order valence-electron chi connectivity index (χ1n) is 5.94. The van der Waals surface area contributed by atoms with Gasteiger partial charge in [0.05, 0.1) is 11.6 Å². The average Bonchev–Trinajstić information content (AvgIpc) is 2.39. The summed E-state index contributed by atoms with van der Waals surface area (Å²) < 4.78 is 0. The highest BCUT2D eigenvalue weighted by Gasteiger charge is 2.00. The zero-order valence-corrected chi connectivity index (χ0v) is 10.6. The van der Waals surface area contributed by atoms with E-state index in [1.54, 1.807) is 0 Å². The van der Waals surface area contributed by atoms with E-state index in [4.69, 9.17) is 0 Å². The van der Waals surface area contributed by atoms with Crippen molar-refractivity contribution in [2.24, 2.45) is 0 Å². The number of hydrogen-bond donors (Lipinski definition) is 0. The fraction of sp³-hybridized carbons (Fsp3) is 0.118. The third-order valence-corrected chi connectivity index (χ3v) is 2.87. The molecular weight excluding hydrogens is 218 g/mol. The van der Waals surface area contributed by atoms with Crippen LogP contribution in [0.25, 0.3) is 11.6 Å². The van der Waals surface area contributed by atoms with Gasteiger partial charge in [0.15, 0.2) is 0 Å². The van der Waals surface area contributed by atoms with Crippen molar-refractivity contribution in [3.05, 3.63) is 70.8 Å². The van der Waals surface area contributed by atoms with Gasteiger partial charge in [0.1, 0.15) is 0 Å². The second kappa shape index (κ2) is 5.33. The van der Waals surface area contributed by atoms with Crippen molar-refractivity contribution in [1.82, 2.24) is 0 Å². The number of nitrogens with zero attached hydrogens (tertiary/aromatic N) is 1. The van der Waals surface area contributed by atoms with Crippen molar-refractivity contribution >= 4 is 11.6 Å². The Morgan fingerprint density at radius 3 is 1.89 bits per heavy atom. The number of benzene rings is 2. The van der Waals surface area contributed by atoms with Gasteiger partial charge in [0.25, 0.3) is 0 Å². The summed E-state index contributed by atoms with van der Waals surface area (Å²) in [6, 6.07) is 18.4. The minimum absolute atomic E-state index is 0.693. The number of aryl methyl sites for hydroxylation is 2. The summed E-state index contributed by atoms with van der Waals surface area (Å²) in [5, 5.41) is 9.25. The van der Waals surface area contributed by atoms with Crippen molar-refractivity contribution in [3.63, 3.8) is 0 Å². The first-order chi connectivity index (χ1) is 8.69. The predicted octanol–water partition coefficient (Wildman–Crippen LogP) is 4.37. The van der Waals surface area contributed by atoms with E-state index in [1.807, 2.05) is 49.4 Å². The van der Waals surface area contributed by atoms with E-state index in [1.165, 1.54) is 11.1 Å². The van der Waals surface area contributed by atoms with Gasteiger partial charge in [0, 0.05) is 0 Å². The molecule has 0 heterocycles. The lowest BCUT2D eigenvalue weighted by atomic mass is 10.0. The molecule has 0 aliphatic carbocycles. The summed E-state index contributed by atoms with van der Waals surface area (Å²) in [7, 11) is 0. The van der Waals surface area contributed by atoms with Crippen LogP contribution in [0.15, 0.2) is 48.5 Å². The summed E-state index contributed by atoms with van der Waals surface area (Å²) in [5.74, 6) is 0. The van der Waals surface area contributed by atoms with E-state index in [9.17, 15) is 5.26 Å². The second-order valence-corrected chi connectivity index (χ2v) is 4.45. The molecule has 0 bridgehead atoms. The number of hydrogen-bond acceptors (Lipinski definition) is 1. The maximum Gasteiger partial charge on any atom is 0.0998 e. The van der Waals surface area contributed by atoms with Crippen molar-refractivity contribution in [1.29, 1.82) is 5.26 Å². The highest BCUT2D eigenvalue weighted by Crippen LogP contribution is 2.18. The van der Waals surface area contributed by atoms with Gasteiger partial charge >= 0.3 is 0 Å². The minimum Gasteiger partial charge on any atom is -0.192 e. The Kier molecular flexibility index (Phi) is 3.60. The Hall–Kier alpha value is -2.33. The van der Waals surface area contributed by atoms with Crippen LogP contribution in [0, 0.1) is 25.2 Å². The first kappa shape index (κ1) is 12.1. The molecule has 0 amide bonds. The molecule has 18 heavy (non-hydrogen) atoms. The van der Waals surface area contributed by atoms with Crippen LogP contribution in [0.1, 0.15) is 22.3 Å². The van der Waals surface area contributed by atoms with E-state index in [-0.39, 0.29) is 0 Å². The Morgan fingerprint density at radius 2 is 1.39 bits per heavy atom. The molecule has 2 aromatic carbocycles. The number of allylic oxidation sites excluding steroid dienone is 1. The molecule has 0 aliphatic rings. The fourth-order valence-corrected chi connectivity index (χ4v) is 1.74. The highest BCUT2D eigenvalue weighted by atomic mass is 14.2. The maximum atomic E-state index is 9.25. The van der Waals surface area contributed by atoms with Crippen LogP contribution in [-0.2, 0) is 0 Å². The van der Waals surface area contributed by atoms with Crippen LogP contribution in [0.5, 0.6) is 0 Å². The lowest BCUT2D eigenvalue weighted by molar-refractivity contribution is 1.45. The lowest BCUT2D eigenvalue weighted by Gasteiger charge is -2.01. The molecule has 0 aromatic heterocycles. The van der Waals surface area contributed by atoms with Crippen LogP contribution >= 0.6 is 0 Å². The molecule has 0 atom stereocenters. The smallest absolute Gasteiger partial charge is 0.0998 e. The summed E-state index contributed by atoms with van der Waals surface area (Å²) >= 11 is 0. The SMILES string of the molecule is Cc1ccc(/C=C(/C#N)c2ccc(C)cc2)cc1. The molecule has 0 radical (unpaired) electrons. The molecule has 0 N–H and O–H groups in total. The topological polar surface area (TPSA) is 23.8 Å². The maximum absolute atomic E-state index is 9.25. The van der Waals surface area contributed by atoms with Crippen molar-refractivity contribution in [3.8, 4) is 6.07 Å². The molecule has 2 aromatic rings. The lowest BCUT2D eigenvalue weighted by Crippen LogP contribution is -1.83. The molecule has 0 fully saturated rings. The van der Waals surface area contributed by atoms with Crippen LogP contribution in [-0.4, -0.2) is 0 Å². The Bertz CT molecular complexity index is 596. The van der Waals surface area contributed by atoms with Gasteiger partial charge in [-0.15, -0.1) is 0 Å². The Morgan fingerprint density at radius 1 is 0.889 bits per heavy atom. The molecule has 88 valence electrons. The van der Waals surface area contributed by atoms with Gasteiger partial charge in [-0.2, -0.15) is 5.26 Å². The number of rotatable bonds is 2. The van der Waals surface area contributed by atoms with Gasteiger partial charge in [-0.25, -0.2) is 0 Å². The normalized spacial score (nSPS) is 11.1. The van der Waals surface area contributed by atoms with E-state index in [0.29, 0.717) is 5.57 Å². The van der Waals surface area contributed by atoms with Crippen LogP contribution in [0.4, 0.5) is 0 Å². The van der Waals surface area contributed by atoms with Crippen molar-refractivity contribution in [2.75, 3.05) is 0 Å². The monoisotopic (exact) mass is 233 g/mol. The van der Waals surface area contributed by atoms with E-state index in [0.717, 1.165) is 11.1 Å². The van der Waals surface area contributed by atoms with Gasteiger partial charge in [-0.3, -0.25) is 0 Å². The fourth-order valence-electron chi connectivity index (χ4n) is 1.74. The highest BCUT2D eigenvalue weighted by molar-refractivity contribution is 5.89. The van der Waals surface area contributed by atoms with Gasteiger partial charge in [-0.1, -0.05) is 59.7 Å². The molecule has 0 aliphatic heterocycles. The molecule has 0 saturated carbocycles. The molecule has 2 rings (SSSR count). The van der Waals surface area contributed by atoms with E-state index in [2.05, 4.69) is 25.1 Å². The van der Waals surface area contributed by atoms with Crippen LogP contribution < -0.4 is 0 Å². The first-order valence-corrected chi connectivity index (χ1v) is 5.94. The predicted molar refractivity (Wildman–Crippen MR) is 75.8 cm³/mol. The Balaban J connectivity index is 2.37. The summed E-state index contributed by atoms with van der Waals surface area (Å²) in [6.07, 6.45) is 1.92. The summed E-state index contributed by atoms with van der Waals surface area (Å²) in [4.78, 5) is 0. The van der Waals surface area contributed by atoms with E-state index < -0.39 is 0 Å². The molecule has 1 heteroatoms. The third-order valence-electron chi connectivity index (χ3n) is 2.87. The minimum atomic E-state index is 0.693. The molecule has 1 nitrogen and oxygen atoms in total. The average molecular weight is 233 g/mol. The zero-order valence-electron chi connectivity index (χ0n) is 10.6. The molecule has 0 saturated heterocycles. The standard InChI is InChI=1S/C17H15N/c1-13-3-7-15(8-4-13)11-17(12-18)16-9-5-14(2)6-10-16/h3-11H,1-2H3/b17-11-. The quantitative estimate of drug-likeness (QED) is 0.558. The molecule has 0 spiro atoms. The van der Waals surface area contributed by atoms with Gasteiger partial charge < -0.3 is 0 Å². The summed E-state index contributed by atoms with van der Waals surface area (Å²) in [6.45, 7) is 4.10. The Labute approximate surface area is 108 Å². The van der Waals surface area contributed by atoms with E-state index >= 15 is 0 Å². The molecular formula is C17H15N. The molecule has 0 unspecified atom stereocenters. The third kappa shape index (κ3) is 2.87. The zero-order chi connectivity index (χ0) is 13.0. The van der Waals surface area contributed by atoms with Gasteiger partial charge in [0.2, 0.25) is 0 Å². The second-order valence-electron chi connectivity index (χ2n) is 4.45. The largest absolute Gasteiger partial charge is 0.192 e. The van der Waals surface area contributed by atoms with Crippen LogP contribution in [0.3, 0.4) is 0 Å². The number of nitriles is 1. The van der Waals surface area contributed by atoms with Crippen LogP contribution in [0.2, 0.25) is 0 Å².